The summed E-state index contributed by atoms with van der Waals surface area (Å²) in [6.45, 7) is -3.21. The number of hydrogen-bond acceptors (Lipinski definition) is 7. The highest BCUT2D eigenvalue weighted by Gasteiger charge is 2.09. The second-order valence-corrected chi connectivity index (χ2v) is 5.57. The van der Waals surface area contributed by atoms with Crippen LogP contribution >= 0.6 is 0 Å². The second kappa shape index (κ2) is 10.7. The van der Waals surface area contributed by atoms with Crippen molar-refractivity contribution in [1.82, 2.24) is 9.97 Å². The molecule has 0 spiro atoms. The maximum Gasteiger partial charge on any atom is 0.247 e. The molecule has 0 bridgehead atoms. The predicted molar refractivity (Wildman–Crippen MR) is 118 cm³/mol. The van der Waals surface area contributed by atoms with Crippen LogP contribution in [0.25, 0.3) is 0 Å². The fourth-order valence-corrected chi connectivity index (χ4v) is 2.16. The van der Waals surface area contributed by atoms with Crippen molar-refractivity contribution in [3.63, 3.8) is 0 Å². The Labute approximate surface area is 193 Å². The molecule has 0 aliphatic rings. The van der Waals surface area contributed by atoms with Gasteiger partial charge in [-0.1, -0.05) is 12.6 Å². The molecule has 0 saturated heterocycles. The zero-order chi connectivity index (χ0) is 30.8. The van der Waals surface area contributed by atoms with Gasteiger partial charge in [-0.2, -0.15) is 4.98 Å². The van der Waals surface area contributed by atoms with Gasteiger partial charge in [0.2, 0.25) is 11.9 Å². The van der Waals surface area contributed by atoms with E-state index in [9.17, 15) is 9.18 Å². The number of carbonyl (C=O) groups is 1. The van der Waals surface area contributed by atoms with Crippen LogP contribution in [-0.2, 0) is 9.53 Å². The minimum atomic E-state index is -3.32. The van der Waals surface area contributed by atoms with Gasteiger partial charge < -0.3 is 25.4 Å². The van der Waals surface area contributed by atoms with Crippen molar-refractivity contribution >= 4 is 34.7 Å². The number of carbonyl (C=O) groups excluding carboxylic acids is 1. The summed E-state index contributed by atoms with van der Waals surface area (Å²) in [5.74, 6) is -2.39. The van der Waals surface area contributed by atoms with Crippen LogP contribution in [0, 0.1) is 5.82 Å². The molecule has 3 N–H and O–H groups in total. The number of aromatic nitrogens is 2. The molecule has 0 fully saturated rings. The molecule has 0 radical (unpaired) electrons. The maximum absolute atomic E-state index is 14.5. The normalized spacial score (nSPS) is 16.3. The lowest BCUT2D eigenvalue weighted by Gasteiger charge is -2.11. The number of halogens is 1. The lowest BCUT2D eigenvalue weighted by atomic mass is 10.2. The Morgan fingerprint density at radius 3 is 2.84 bits per heavy atom. The Morgan fingerprint density at radius 2 is 2.06 bits per heavy atom. The largest absolute Gasteiger partial charge is 0.491 e. The number of nitrogens with zero attached hydrogens (tertiary/aromatic N) is 2. The minimum Gasteiger partial charge on any atom is -0.491 e. The monoisotopic (exact) mass is 433 g/mol. The van der Waals surface area contributed by atoms with Crippen molar-refractivity contribution < 1.29 is 32.4 Å². The van der Waals surface area contributed by atoms with Gasteiger partial charge >= 0.3 is 0 Å². The topological polar surface area (TPSA) is 97.4 Å². The van der Waals surface area contributed by atoms with E-state index in [4.69, 9.17) is 18.4 Å². The Bertz CT molecular complexity index is 1460. The van der Waals surface area contributed by atoms with E-state index in [0.717, 1.165) is 18.3 Å². The molecule has 0 aliphatic carbocycles. The number of rotatable bonds is 10. The average molecular weight is 434 g/mol. The van der Waals surface area contributed by atoms with Gasteiger partial charge in [0.25, 0.3) is 0 Å². The van der Waals surface area contributed by atoms with E-state index in [1.54, 1.807) is 0 Å². The summed E-state index contributed by atoms with van der Waals surface area (Å²) in [6, 6.07) is 5.11. The quantitative estimate of drug-likeness (QED) is 0.411. The van der Waals surface area contributed by atoms with E-state index < -0.39 is 43.7 Å². The molecule has 0 unspecified atom stereocenters. The highest BCUT2D eigenvalue weighted by molar-refractivity contribution is 5.99. The molecule has 1 aromatic heterocycles. The molecule has 9 heteroatoms. The highest BCUT2D eigenvalue weighted by atomic mass is 19.1. The number of hydrogen-bond donors (Lipinski definition) is 3. The molecular formula is C22H22FN5O3. The van der Waals surface area contributed by atoms with Crippen molar-refractivity contribution in [2.45, 2.75) is 0 Å². The van der Waals surface area contributed by atoms with E-state index in [-0.39, 0.29) is 35.2 Å². The first-order chi connectivity index (χ1) is 18.9. The van der Waals surface area contributed by atoms with E-state index >= 15 is 0 Å². The summed E-state index contributed by atoms with van der Waals surface area (Å²) in [4.78, 5) is 19.5. The van der Waals surface area contributed by atoms with Crippen LogP contribution in [0.4, 0.5) is 33.2 Å². The van der Waals surface area contributed by atoms with Crippen LogP contribution in [0.3, 0.4) is 0 Å². The summed E-state index contributed by atoms with van der Waals surface area (Å²) in [5, 5.41) is 7.55. The zero-order valence-electron chi connectivity index (χ0n) is 25.7. The van der Waals surface area contributed by atoms with Crippen molar-refractivity contribution in [3.8, 4) is 5.75 Å². The number of methoxy groups -OCH3 is 1. The van der Waals surface area contributed by atoms with Crippen LogP contribution in [0.2, 0.25) is 0 Å². The van der Waals surface area contributed by atoms with Crippen molar-refractivity contribution in [2.24, 2.45) is 0 Å². The molecule has 1 heterocycles. The summed E-state index contributed by atoms with van der Waals surface area (Å²) in [5.41, 5.74) is -0.180. The fraction of sp³-hybridized carbons (Fsp3) is 0.136. The summed E-state index contributed by atoms with van der Waals surface area (Å²) < 4.78 is 99.7. The van der Waals surface area contributed by atoms with Gasteiger partial charge in [0, 0.05) is 24.1 Å². The minimum absolute atomic E-state index is 0.143. The number of nitrogens with one attached hydrogen (secondary N) is 3. The Balaban J connectivity index is 1.79. The van der Waals surface area contributed by atoms with Crippen LogP contribution in [0.1, 0.15) is 13.7 Å². The number of ether oxygens (including phenoxy) is 2. The van der Waals surface area contributed by atoms with Gasteiger partial charge in [-0.3, -0.25) is 4.79 Å². The smallest absolute Gasteiger partial charge is 0.247 e. The highest BCUT2D eigenvalue weighted by Crippen LogP contribution is 2.23. The molecule has 0 atom stereocenters. The van der Waals surface area contributed by atoms with E-state index in [0.29, 0.717) is 5.69 Å². The molecule has 3 rings (SSSR count). The second-order valence-electron chi connectivity index (χ2n) is 5.57. The van der Waals surface area contributed by atoms with Crippen molar-refractivity contribution in [1.29, 1.82) is 0 Å². The lowest BCUT2D eigenvalue weighted by molar-refractivity contribution is -0.111. The standard InChI is InChI=1S/C22H22FN5O3/c1-3-20(29)25-16-5-4-6-17(13-16)26-21-19(23)14-24-22(28-21)27-15-7-9-18(10-8-15)31-12-11-30-2/h3-10,13-14H,1,11-12H2,2H3,(H,25,29)(H2,24,26,27,28)/i2D3,5D,6D,11D2,12D2,13D. The summed E-state index contributed by atoms with van der Waals surface area (Å²) >= 11 is 0. The third-order valence-electron chi connectivity index (χ3n) is 3.48. The number of amides is 1. The summed E-state index contributed by atoms with van der Waals surface area (Å²) in [7, 11) is -3.21. The van der Waals surface area contributed by atoms with Gasteiger partial charge in [0.15, 0.2) is 11.6 Å². The molecule has 8 nitrogen and oxygen atoms in total. The van der Waals surface area contributed by atoms with Crippen LogP contribution in [0.15, 0.2) is 67.3 Å². The first-order valence-electron chi connectivity index (χ1n) is 13.5. The van der Waals surface area contributed by atoms with Crippen LogP contribution in [-0.4, -0.2) is 36.0 Å². The SMILES string of the molecule is [2H]c1cc([2H])c(Nc2nc(Nc3ccc(OC([2H])([2H])C([2H])([2H])OC([2H])([2H])[2H])cc3)ncc2F)c([2H])c1NC(=O)C=C. The Hall–Kier alpha value is -3.98. The van der Waals surface area contributed by atoms with Gasteiger partial charge in [-0.15, -0.1) is 0 Å². The van der Waals surface area contributed by atoms with Gasteiger partial charge in [-0.25, -0.2) is 9.37 Å². The molecule has 3 aromatic rings. The zero-order valence-corrected chi connectivity index (χ0v) is 15.7. The van der Waals surface area contributed by atoms with Crippen LogP contribution in [0.5, 0.6) is 5.75 Å². The van der Waals surface area contributed by atoms with E-state index in [1.807, 2.05) is 0 Å². The van der Waals surface area contributed by atoms with Crippen LogP contribution < -0.4 is 20.7 Å². The van der Waals surface area contributed by atoms with Gasteiger partial charge in [0.1, 0.15) is 12.3 Å². The molecule has 0 aliphatic heterocycles. The first-order valence-corrected chi connectivity index (χ1v) is 8.52. The summed E-state index contributed by atoms with van der Waals surface area (Å²) in [6.07, 6.45) is 1.74. The number of benzene rings is 2. The fourth-order valence-electron chi connectivity index (χ4n) is 2.16. The number of anilines is 5. The Morgan fingerprint density at radius 1 is 1.26 bits per heavy atom. The Kier molecular flexibility index (Phi) is 4.15. The third-order valence-corrected chi connectivity index (χ3v) is 3.48. The molecular weight excluding hydrogens is 401 g/mol. The maximum atomic E-state index is 14.5. The first kappa shape index (κ1) is 12.0. The van der Waals surface area contributed by atoms with E-state index in [2.05, 4.69) is 37.2 Å². The van der Waals surface area contributed by atoms with E-state index in [1.165, 1.54) is 24.3 Å². The third kappa shape index (κ3) is 6.51. The molecule has 160 valence electrons. The molecule has 2 aromatic carbocycles. The average Bonchev–Trinajstić information content (AvgIpc) is 2.85. The molecule has 1 amide bonds. The molecule has 0 saturated carbocycles. The van der Waals surface area contributed by atoms with Crippen molar-refractivity contribution in [3.05, 3.63) is 73.1 Å². The lowest BCUT2D eigenvalue weighted by Crippen LogP contribution is -2.07. The predicted octanol–water partition coefficient (Wildman–Crippen LogP) is 4.25. The molecule has 31 heavy (non-hydrogen) atoms. The van der Waals surface area contributed by atoms with Gasteiger partial charge in [0.05, 0.1) is 26.5 Å². The van der Waals surface area contributed by atoms with Gasteiger partial charge in [-0.05, 0) is 48.5 Å². The van der Waals surface area contributed by atoms with Crippen molar-refractivity contribution in [2.75, 3.05) is 36.1 Å².